The summed E-state index contributed by atoms with van der Waals surface area (Å²) in [4.78, 5) is 12.1. The second-order valence-electron chi connectivity index (χ2n) is 5.40. The molecule has 2 aromatic rings. The van der Waals surface area contributed by atoms with Crippen LogP contribution in [0.25, 0.3) is 0 Å². The summed E-state index contributed by atoms with van der Waals surface area (Å²) >= 11 is 0. The van der Waals surface area contributed by atoms with E-state index in [4.69, 9.17) is 9.47 Å². The summed E-state index contributed by atoms with van der Waals surface area (Å²) in [5.74, 6) is -0.138. The highest BCUT2D eigenvalue weighted by molar-refractivity contribution is 6.04. The number of nitrogens with one attached hydrogen (secondary N) is 1. The van der Waals surface area contributed by atoms with Gasteiger partial charge in [0.15, 0.2) is 0 Å². The second kappa shape index (κ2) is 7.24. The highest BCUT2D eigenvalue weighted by Gasteiger charge is 2.16. The van der Waals surface area contributed by atoms with Crippen LogP contribution >= 0.6 is 0 Å². The molecule has 1 atom stereocenters. The number of para-hydroxylation sites is 1. The maximum atomic E-state index is 13.5. The van der Waals surface area contributed by atoms with Crippen LogP contribution in [0.5, 0.6) is 5.75 Å². The molecular formula is C18H18FNO3. The van der Waals surface area contributed by atoms with Gasteiger partial charge in [0.05, 0.1) is 11.8 Å². The molecule has 1 fully saturated rings. The van der Waals surface area contributed by atoms with Gasteiger partial charge < -0.3 is 14.8 Å². The molecule has 0 aliphatic carbocycles. The van der Waals surface area contributed by atoms with Gasteiger partial charge in [0.2, 0.25) is 0 Å². The number of benzene rings is 2. The zero-order chi connectivity index (χ0) is 16.1. The summed E-state index contributed by atoms with van der Waals surface area (Å²) in [5.41, 5.74) is 0.605. The summed E-state index contributed by atoms with van der Waals surface area (Å²) in [6, 6.07) is 12.8. The Labute approximate surface area is 134 Å². The fourth-order valence-corrected chi connectivity index (χ4v) is 2.42. The van der Waals surface area contributed by atoms with E-state index in [-0.39, 0.29) is 17.7 Å². The number of ether oxygens (including phenoxy) is 2. The van der Waals surface area contributed by atoms with Gasteiger partial charge in [0, 0.05) is 12.2 Å². The second-order valence-corrected chi connectivity index (χ2v) is 5.40. The smallest absolute Gasteiger partial charge is 0.255 e. The molecule has 1 amide bonds. The fraction of sp³-hybridized carbons (Fsp3) is 0.278. The van der Waals surface area contributed by atoms with Gasteiger partial charge in [-0.05, 0) is 49.2 Å². The molecule has 0 unspecified atom stereocenters. The quantitative estimate of drug-likeness (QED) is 0.916. The van der Waals surface area contributed by atoms with E-state index in [2.05, 4.69) is 5.32 Å². The van der Waals surface area contributed by atoms with E-state index in [1.165, 1.54) is 12.1 Å². The van der Waals surface area contributed by atoms with Crippen molar-refractivity contribution in [2.75, 3.05) is 18.5 Å². The molecule has 0 aromatic heterocycles. The van der Waals surface area contributed by atoms with Gasteiger partial charge >= 0.3 is 0 Å². The van der Waals surface area contributed by atoms with Crippen LogP contribution < -0.4 is 10.1 Å². The number of anilines is 1. The van der Waals surface area contributed by atoms with Crippen molar-refractivity contribution in [1.29, 1.82) is 0 Å². The fourth-order valence-electron chi connectivity index (χ4n) is 2.42. The van der Waals surface area contributed by atoms with Crippen molar-refractivity contribution in [1.82, 2.24) is 0 Å². The van der Waals surface area contributed by atoms with Crippen molar-refractivity contribution < 1.29 is 18.7 Å². The minimum atomic E-state index is -0.461. The van der Waals surface area contributed by atoms with Gasteiger partial charge in [0.25, 0.3) is 5.91 Å². The normalized spacial score (nSPS) is 17.0. The van der Waals surface area contributed by atoms with Crippen molar-refractivity contribution in [2.24, 2.45) is 0 Å². The lowest BCUT2D eigenvalue weighted by Gasteiger charge is -2.12. The van der Waals surface area contributed by atoms with Crippen molar-refractivity contribution in [3.63, 3.8) is 0 Å². The highest BCUT2D eigenvalue weighted by Crippen LogP contribution is 2.18. The van der Waals surface area contributed by atoms with Crippen LogP contribution in [-0.2, 0) is 4.74 Å². The summed E-state index contributed by atoms with van der Waals surface area (Å²) in [6.07, 6.45) is 2.24. The van der Waals surface area contributed by atoms with Crippen LogP contribution in [-0.4, -0.2) is 25.2 Å². The zero-order valence-corrected chi connectivity index (χ0v) is 12.6. The molecule has 1 N–H and O–H groups in total. The summed E-state index contributed by atoms with van der Waals surface area (Å²) < 4.78 is 24.7. The van der Waals surface area contributed by atoms with E-state index < -0.39 is 5.82 Å². The third kappa shape index (κ3) is 4.07. The molecule has 0 saturated carbocycles. The third-order valence-corrected chi connectivity index (χ3v) is 3.70. The summed E-state index contributed by atoms with van der Waals surface area (Å²) in [6.45, 7) is 1.31. The Bertz CT molecular complexity index is 666. The molecule has 0 radical (unpaired) electrons. The number of halogens is 1. The van der Waals surface area contributed by atoms with Crippen LogP contribution in [0.15, 0.2) is 48.5 Å². The minimum absolute atomic E-state index is 0.152. The van der Waals surface area contributed by atoms with Crippen LogP contribution in [0.4, 0.5) is 10.1 Å². The molecular weight excluding hydrogens is 297 g/mol. The number of carbonyl (C=O) groups is 1. The Morgan fingerprint density at radius 3 is 2.70 bits per heavy atom. The maximum absolute atomic E-state index is 13.5. The lowest BCUT2D eigenvalue weighted by atomic mass is 10.2. The molecule has 120 valence electrons. The van der Waals surface area contributed by atoms with Crippen LogP contribution in [0.3, 0.4) is 0 Å². The SMILES string of the molecule is O=C(Nc1ccccc1F)c1ccc(OC[C@H]2CCCO2)cc1. The first-order valence-electron chi connectivity index (χ1n) is 7.63. The molecule has 0 bridgehead atoms. The Hall–Kier alpha value is -2.40. The van der Waals surface area contributed by atoms with E-state index in [1.807, 2.05) is 0 Å². The lowest BCUT2D eigenvalue weighted by Crippen LogP contribution is -2.16. The van der Waals surface area contributed by atoms with Gasteiger partial charge in [-0.1, -0.05) is 12.1 Å². The lowest BCUT2D eigenvalue weighted by molar-refractivity contribution is 0.0679. The van der Waals surface area contributed by atoms with E-state index >= 15 is 0 Å². The average Bonchev–Trinajstić information content (AvgIpc) is 3.09. The maximum Gasteiger partial charge on any atom is 0.255 e. The first-order valence-corrected chi connectivity index (χ1v) is 7.63. The third-order valence-electron chi connectivity index (χ3n) is 3.70. The van der Waals surface area contributed by atoms with Crippen LogP contribution in [0.1, 0.15) is 23.2 Å². The summed E-state index contributed by atoms with van der Waals surface area (Å²) in [7, 11) is 0. The molecule has 1 aliphatic heterocycles. The number of hydrogen-bond acceptors (Lipinski definition) is 3. The molecule has 1 heterocycles. The average molecular weight is 315 g/mol. The van der Waals surface area contributed by atoms with E-state index in [0.717, 1.165) is 19.4 Å². The molecule has 3 rings (SSSR count). The first-order chi connectivity index (χ1) is 11.2. The Kier molecular flexibility index (Phi) is 4.88. The van der Waals surface area contributed by atoms with Crippen LogP contribution in [0.2, 0.25) is 0 Å². The number of carbonyl (C=O) groups excluding carboxylic acids is 1. The molecule has 4 nitrogen and oxygen atoms in total. The van der Waals surface area contributed by atoms with Gasteiger partial charge in [-0.2, -0.15) is 0 Å². The van der Waals surface area contributed by atoms with Crippen molar-refractivity contribution in [3.8, 4) is 5.75 Å². The molecule has 1 saturated heterocycles. The number of amides is 1. The minimum Gasteiger partial charge on any atom is -0.491 e. The molecule has 1 aliphatic rings. The Morgan fingerprint density at radius 2 is 2.00 bits per heavy atom. The molecule has 2 aromatic carbocycles. The number of hydrogen-bond donors (Lipinski definition) is 1. The first kappa shape index (κ1) is 15.5. The van der Waals surface area contributed by atoms with Crippen molar-refractivity contribution >= 4 is 11.6 Å². The highest BCUT2D eigenvalue weighted by atomic mass is 19.1. The predicted molar refractivity (Wildman–Crippen MR) is 85.3 cm³/mol. The van der Waals surface area contributed by atoms with Crippen LogP contribution in [0, 0.1) is 5.82 Å². The summed E-state index contributed by atoms with van der Waals surface area (Å²) in [5, 5.41) is 2.55. The van der Waals surface area contributed by atoms with Gasteiger partial charge in [-0.15, -0.1) is 0 Å². The van der Waals surface area contributed by atoms with E-state index in [1.54, 1.807) is 36.4 Å². The zero-order valence-electron chi connectivity index (χ0n) is 12.6. The van der Waals surface area contributed by atoms with Gasteiger partial charge in [0.1, 0.15) is 18.2 Å². The van der Waals surface area contributed by atoms with Crippen molar-refractivity contribution in [2.45, 2.75) is 18.9 Å². The predicted octanol–water partition coefficient (Wildman–Crippen LogP) is 3.64. The topological polar surface area (TPSA) is 47.6 Å². The standard InChI is InChI=1S/C18H18FNO3/c19-16-5-1-2-6-17(16)20-18(21)13-7-9-14(10-8-13)23-12-15-4-3-11-22-15/h1-2,5-10,15H,3-4,11-12H2,(H,20,21)/t15-/m1/s1. The van der Waals surface area contributed by atoms with Gasteiger partial charge in [-0.25, -0.2) is 4.39 Å². The molecule has 0 spiro atoms. The van der Waals surface area contributed by atoms with Crippen molar-refractivity contribution in [3.05, 3.63) is 59.9 Å². The largest absolute Gasteiger partial charge is 0.491 e. The monoisotopic (exact) mass is 315 g/mol. The Morgan fingerprint density at radius 1 is 1.22 bits per heavy atom. The van der Waals surface area contributed by atoms with E-state index in [9.17, 15) is 9.18 Å². The Balaban J connectivity index is 1.57. The molecule has 23 heavy (non-hydrogen) atoms. The molecule has 5 heteroatoms. The number of rotatable bonds is 5. The van der Waals surface area contributed by atoms with Gasteiger partial charge in [-0.3, -0.25) is 4.79 Å². The van der Waals surface area contributed by atoms with E-state index in [0.29, 0.717) is 17.9 Å².